The fourth-order valence-electron chi connectivity index (χ4n) is 2.07. The summed E-state index contributed by atoms with van der Waals surface area (Å²) in [6.45, 7) is 6.86. The number of hydrogen-bond donors (Lipinski definition) is 2. The van der Waals surface area contributed by atoms with Gasteiger partial charge in [0.15, 0.2) is 11.5 Å². The van der Waals surface area contributed by atoms with Crippen LogP contribution in [0.25, 0.3) is 0 Å². The molecule has 114 valence electrons. The lowest BCUT2D eigenvalue weighted by Crippen LogP contribution is -2.37. The van der Waals surface area contributed by atoms with Crippen molar-refractivity contribution in [2.75, 3.05) is 26.4 Å². The largest absolute Gasteiger partial charge is 0.490 e. The van der Waals surface area contributed by atoms with Crippen LogP contribution in [0.2, 0.25) is 0 Å². The molecule has 0 radical (unpaired) electrons. The highest BCUT2D eigenvalue weighted by atomic mass is 16.5. The second-order valence-corrected chi connectivity index (χ2v) is 5.31. The first-order valence-corrected chi connectivity index (χ1v) is 7.16. The maximum absolute atomic E-state index is 9.54. The maximum atomic E-state index is 9.54. The van der Waals surface area contributed by atoms with Crippen LogP contribution >= 0.6 is 0 Å². The van der Waals surface area contributed by atoms with E-state index in [9.17, 15) is 10.2 Å². The highest BCUT2D eigenvalue weighted by Gasteiger charge is 2.32. The summed E-state index contributed by atoms with van der Waals surface area (Å²) in [5.41, 5.74) is -0.499. The molecule has 2 N–H and O–H groups in total. The molecule has 0 aliphatic carbocycles. The van der Waals surface area contributed by atoms with Crippen molar-refractivity contribution in [1.29, 1.82) is 0 Å². The number of hydrogen-bond acceptors (Lipinski definition) is 4. The number of ether oxygens (including phenoxy) is 2. The first-order valence-electron chi connectivity index (χ1n) is 7.16. The van der Waals surface area contributed by atoms with Crippen molar-refractivity contribution in [3.8, 4) is 11.5 Å². The lowest BCUT2D eigenvalue weighted by atomic mass is 9.76. The minimum atomic E-state index is -0.499. The van der Waals surface area contributed by atoms with Crippen LogP contribution in [0.1, 0.15) is 27.2 Å². The lowest BCUT2D eigenvalue weighted by molar-refractivity contribution is -0.000993. The molecule has 0 amide bonds. The van der Waals surface area contributed by atoms with Gasteiger partial charge in [0.25, 0.3) is 0 Å². The third-order valence-electron chi connectivity index (χ3n) is 3.86. The van der Waals surface area contributed by atoms with E-state index in [1.165, 1.54) is 0 Å². The third-order valence-corrected chi connectivity index (χ3v) is 3.86. The summed E-state index contributed by atoms with van der Waals surface area (Å²) in [6, 6.07) is 7.52. The van der Waals surface area contributed by atoms with E-state index in [-0.39, 0.29) is 19.1 Å². The lowest BCUT2D eigenvalue weighted by Gasteiger charge is -2.33. The molecule has 0 aliphatic heterocycles. The first kappa shape index (κ1) is 16.8. The molecule has 0 saturated carbocycles. The molecule has 0 atom stereocenters. The van der Waals surface area contributed by atoms with Gasteiger partial charge in [-0.2, -0.15) is 0 Å². The summed E-state index contributed by atoms with van der Waals surface area (Å²) in [5, 5.41) is 19.1. The molecule has 0 bridgehead atoms. The minimum Gasteiger partial charge on any atom is -0.490 e. The van der Waals surface area contributed by atoms with Crippen molar-refractivity contribution in [3.05, 3.63) is 24.3 Å². The molecule has 4 heteroatoms. The summed E-state index contributed by atoms with van der Waals surface area (Å²) in [7, 11) is 0. The Bertz CT molecular complexity index is 386. The van der Waals surface area contributed by atoms with Crippen LogP contribution in [0.4, 0.5) is 0 Å². The number of para-hydroxylation sites is 2. The Morgan fingerprint density at radius 1 is 1.05 bits per heavy atom. The van der Waals surface area contributed by atoms with Gasteiger partial charge in [-0.15, -0.1) is 0 Å². The van der Waals surface area contributed by atoms with Crippen LogP contribution < -0.4 is 9.47 Å². The van der Waals surface area contributed by atoms with Crippen molar-refractivity contribution >= 4 is 0 Å². The predicted molar refractivity (Wildman–Crippen MR) is 79.2 cm³/mol. The second kappa shape index (κ2) is 8.12. The van der Waals surface area contributed by atoms with E-state index < -0.39 is 5.41 Å². The van der Waals surface area contributed by atoms with Gasteiger partial charge in [0.05, 0.1) is 26.4 Å². The van der Waals surface area contributed by atoms with Crippen LogP contribution in [0.3, 0.4) is 0 Å². The summed E-state index contributed by atoms with van der Waals surface area (Å²) in [4.78, 5) is 0. The van der Waals surface area contributed by atoms with Gasteiger partial charge in [0, 0.05) is 5.41 Å². The Hall–Kier alpha value is -1.26. The van der Waals surface area contributed by atoms with Gasteiger partial charge in [-0.1, -0.05) is 26.0 Å². The fraction of sp³-hybridized carbons (Fsp3) is 0.625. The smallest absolute Gasteiger partial charge is 0.161 e. The zero-order chi connectivity index (χ0) is 15.0. The molecule has 0 fully saturated rings. The molecule has 0 aliphatic rings. The van der Waals surface area contributed by atoms with Gasteiger partial charge in [0.1, 0.15) is 0 Å². The van der Waals surface area contributed by atoms with Crippen LogP contribution in [0.15, 0.2) is 24.3 Å². The number of rotatable bonds is 9. The van der Waals surface area contributed by atoms with Gasteiger partial charge in [-0.3, -0.25) is 0 Å². The predicted octanol–water partition coefficient (Wildman–Crippen LogP) is 2.48. The summed E-state index contributed by atoms with van der Waals surface area (Å²) in [5.74, 6) is 1.60. The Morgan fingerprint density at radius 2 is 1.60 bits per heavy atom. The van der Waals surface area contributed by atoms with Crippen LogP contribution in [-0.2, 0) is 0 Å². The summed E-state index contributed by atoms with van der Waals surface area (Å²) >= 11 is 0. The zero-order valence-corrected chi connectivity index (χ0v) is 12.6. The molecule has 0 saturated heterocycles. The van der Waals surface area contributed by atoms with Gasteiger partial charge in [-0.25, -0.2) is 0 Å². The monoisotopic (exact) mass is 282 g/mol. The molecule has 0 heterocycles. The van der Waals surface area contributed by atoms with Crippen molar-refractivity contribution in [1.82, 2.24) is 0 Å². The molecule has 0 spiro atoms. The average molecular weight is 282 g/mol. The van der Waals surface area contributed by atoms with Crippen LogP contribution in [0, 0.1) is 11.3 Å². The van der Waals surface area contributed by atoms with Crippen molar-refractivity contribution in [2.24, 2.45) is 11.3 Å². The third kappa shape index (κ3) is 4.12. The van der Waals surface area contributed by atoms with Gasteiger partial charge < -0.3 is 19.7 Å². The quantitative estimate of drug-likeness (QED) is 0.730. The van der Waals surface area contributed by atoms with E-state index in [1.54, 1.807) is 0 Å². The van der Waals surface area contributed by atoms with Crippen LogP contribution in [0.5, 0.6) is 11.5 Å². The Balaban J connectivity index is 2.63. The molecule has 0 aromatic heterocycles. The molecule has 0 unspecified atom stereocenters. The molecule has 4 nitrogen and oxygen atoms in total. The Morgan fingerprint density at radius 3 is 2.05 bits per heavy atom. The van der Waals surface area contributed by atoms with E-state index in [0.29, 0.717) is 25.4 Å². The highest BCUT2D eigenvalue weighted by molar-refractivity contribution is 5.39. The topological polar surface area (TPSA) is 58.9 Å². The van der Waals surface area contributed by atoms with Crippen molar-refractivity contribution in [3.63, 3.8) is 0 Å². The molecule has 1 rings (SSSR count). The Labute approximate surface area is 121 Å². The standard InChI is InChI=1S/C16H26O4/c1-4-19-14-7-5-6-8-15(14)20-10-9-16(11-17,12-18)13(2)3/h5-8,13,17-18H,4,9-12H2,1-3H3. The number of aliphatic hydroxyl groups is 2. The molecular weight excluding hydrogens is 256 g/mol. The SMILES string of the molecule is CCOc1ccccc1OCCC(CO)(CO)C(C)C. The number of benzene rings is 1. The molecular formula is C16H26O4. The molecule has 1 aromatic carbocycles. The summed E-state index contributed by atoms with van der Waals surface area (Å²) < 4.78 is 11.2. The van der Waals surface area contributed by atoms with Gasteiger partial charge in [0.2, 0.25) is 0 Å². The normalized spacial score (nSPS) is 11.7. The zero-order valence-electron chi connectivity index (χ0n) is 12.6. The van der Waals surface area contributed by atoms with Gasteiger partial charge in [-0.05, 0) is 31.4 Å². The number of aliphatic hydroxyl groups excluding tert-OH is 2. The fourth-order valence-corrected chi connectivity index (χ4v) is 2.07. The second-order valence-electron chi connectivity index (χ2n) is 5.31. The minimum absolute atomic E-state index is 0.0440. The van der Waals surface area contributed by atoms with Gasteiger partial charge >= 0.3 is 0 Å². The average Bonchev–Trinajstić information content (AvgIpc) is 2.45. The van der Waals surface area contributed by atoms with E-state index >= 15 is 0 Å². The summed E-state index contributed by atoms with van der Waals surface area (Å²) in [6.07, 6.45) is 0.595. The molecule has 20 heavy (non-hydrogen) atoms. The van der Waals surface area contributed by atoms with E-state index in [1.807, 2.05) is 45.0 Å². The van der Waals surface area contributed by atoms with Crippen LogP contribution in [-0.4, -0.2) is 36.6 Å². The molecule has 1 aromatic rings. The van der Waals surface area contributed by atoms with E-state index in [4.69, 9.17) is 9.47 Å². The van der Waals surface area contributed by atoms with Crippen molar-refractivity contribution < 1.29 is 19.7 Å². The van der Waals surface area contributed by atoms with E-state index in [0.717, 1.165) is 5.75 Å². The van der Waals surface area contributed by atoms with E-state index in [2.05, 4.69) is 0 Å². The first-order chi connectivity index (χ1) is 9.59. The highest BCUT2D eigenvalue weighted by Crippen LogP contribution is 2.32. The maximum Gasteiger partial charge on any atom is 0.161 e. The Kier molecular flexibility index (Phi) is 6.82. The van der Waals surface area contributed by atoms with Crippen molar-refractivity contribution in [2.45, 2.75) is 27.2 Å².